The molecule has 4 heterocycles. The Morgan fingerprint density at radius 1 is 1.19 bits per heavy atom. The van der Waals surface area contributed by atoms with Crippen LogP contribution >= 0.6 is 11.3 Å². The highest BCUT2D eigenvalue weighted by atomic mass is 32.1. The van der Waals surface area contributed by atoms with Crippen molar-refractivity contribution < 1.29 is 9.32 Å². The summed E-state index contributed by atoms with van der Waals surface area (Å²) in [6.45, 7) is 7.23. The van der Waals surface area contributed by atoms with Gasteiger partial charge in [0.05, 0.1) is 28.2 Å². The zero-order chi connectivity index (χ0) is 19.0. The summed E-state index contributed by atoms with van der Waals surface area (Å²) in [5.41, 5.74) is 6.37. The third-order valence-electron chi connectivity index (χ3n) is 5.20. The average Bonchev–Trinajstić information content (AvgIpc) is 3.26. The lowest BCUT2D eigenvalue weighted by molar-refractivity contribution is 0.0716. The number of likely N-dealkylation sites (tertiary alicyclic amines) is 1. The molecule has 140 valence electrons. The lowest BCUT2D eigenvalue weighted by Crippen LogP contribution is -2.38. The Kier molecular flexibility index (Phi) is 4.78. The fourth-order valence-corrected chi connectivity index (χ4v) is 4.47. The molecule has 0 unspecified atom stereocenters. The van der Waals surface area contributed by atoms with Gasteiger partial charge in [0.25, 0.3) is 5.91 Å². The van der Waals surface area contributed by atoms with Crippen LogP contribution in [0, 0.1) is 20.8 Å². The van der Waals surface area contributed by atoms with E-state index in [2.05, 4.69) is 16.2 Å². The number of carbonyl (C=O) groups is 1. The van der Waals surface area contributed by atoms with Crippen molar-refractivity contribution in [2.75, 3.05) is 13.1 Å². The van der Waals surface area contributed by atoms with Crippen LogP contribution < -0.4 is 0 Å². The molecule has 0 saturated carbocycles. The number of aromatic nitrogens is 3. The molecule has 27 heavy (non-hydrogen) atoms. The zero-order valence-electron chi connectivity index (χ0n) is 15.7. The first-order valence-electron chi connectivity index (χ1n) is 9.14. The second-order valence-corrected chi connectivity index (χ2v) is 7.84. The SMILES string of the molecule is Cc1ncsc1C(=O)N1CCC(c2cccc(-c3c(C)noc3C)n2)CC1. The fourth-order valence-electron chi connectivity index (χ4n) is 3.70. The lowest BCUT2D eigenvalue weighted by Gasteiger charge is -2.31. The Hall–Kier alpha value is -2.54. The molecule has 0 spiro atoms. The molecule has 0 aromatic carbocycles. The van der Waals surface area contributed by atoms with Crippen LogP contribution in [0.1, 0.15) is 51.3 Å². The Labute approximate surface area is 162 Å². The molecule has 3 aromatic heterocycles. The number of nitrogens with zero attached hydrogens (tertiary/aromatic N) is 4. The summed E-state index contributed by atoms with van der Waals surface area (Å²) >= 11 is 1.42. The summed E-state index contributed by atoms with van der Waals surface area (Å²) in [4.78, 5) is 24.4. The minimum atomic E-state index is 0.103. The van der Waals surface area contributed by atoms with E-state index >= 15 is 0 Å². The first-order chi connectivity index (χ1) is 13.0. The molecule has 0 radical (unpaired) electrons. The highest BCUT2D eigenvalue weighted by molar-refractivity contribution is 7.11. The van der Waals surface area contributed by atoms with Gasteiger partial charge in [0.1, 0.15) is 10.6 Å². The van der Waals surface area contributed by atoms with E-state index in [0.29, 0.717) is 5.92 Å². The molecule has 1 saturated heterocycles. The third-order valence-corrected chi connectivity index (χ3v) is 6.12. The summed E-state index contributed by atoms with van der Waals surface area (Å²) in [7, 11) is 0. The second kappa shape index (κ2) is 7.23. The van der Waals surface area contributed by atoms with E-state index in [1.165, 1.54) is 11.3 Å². The van der Waals surface area contributed by atoms with Gasteiger partial charge in [0, 0.05) is 24.7 Å². The third kappa shape index (κ3) is 3.39. The van der Waals surface area contributed by atoms with Gasteiger partial charge >= 0.3 is 0 Å². The van der Waals surface area contributed by atoms with Gasteiger partial charge < -0.3 is 9.42 Å². The number of thiazole rings is 1. The summed E-state index contributed by atoms with van der Waals surface area (Å²) in [6, 6.07) is 6.13. The van der Waals surface area contributed by atoms with Crippen LogP contribution in [0.15, 0.2) is 28.2 Å². The van der Waals surface area contributed by atoms with Gasteiger partial charge in [-0.3, -0.25) is 9.78 Å². The summed E-state index contributed by atoms with van der Waals surface area (Å²) < 4.78 is 5.28. The van der Waals surface area contributed by atoms with Crippen LogP contribution in [0.2, 0.25) is 0 Å². The largest absolute Gasteiger partial charge is 0.361 e. The van der Waals surface area contributed by atoms with Gasteiger partial charge in [-0.15, -0.1) is 11.3 Å². The highest BCUT2D eigenvalue weighted by Gasteiger charge is 2.27. The van der Waals surface area contributed by atoms with Crippen LogP contribution in [0.3, 0.4) is 0 Å². The van der Waals surface area contributed by atoms with Crippen molar-refractivity contribution in [3.05, 3.63) is 51.4 Å². The van der Waals surface area contributed by atoms with Crippen LogP contribution in [-0.2, 0) is 0 Å². The van der Waals surface area contributed by atoms with E-state index in [1.54, 1.807) is 5.51 Å². The molecule has 1 aliphatic rings. The number of carbonyl (C=O) groups excluding carboxylic acids is 1. The molecular weight excluding hydrogens is 360 g/mol. The summed E-state index contributed by atoms with van der Waals surface area (Å²) in [5, 5.41) is 4.03. The second-order valence-electron chi connectivity index (χ2n) is 6.98. The van der Waals surface area contributed by atoms with Gasteiger partial charge in [-0.25, -0.2) is 4.98 Å². The number of aryl methyl sites for hydroxylation is 3. The molecule has 7 heteroatoms. The maximum Gasteiger partial charge on any atom is 0.265 e. The Bertz CT molecular complexity index is 951. The van der Waals surface area contributed by atoms with Crippen LogP contribution in [0.5, 0.6) is 0 Å². The smallest absolute Gasteiger partial charge is 0.265 e. The predicted molar refractivity (Wildman–Crippen MR) is 104 cm³/mol. The van der Waals surface area contributed by atoms with E-state index < -0.39 is 0 Å². The average molecular weight is 382 g/mol. The standard InChI is InChI=1S/C20H22N4O2S/c1-12-18(14(3)26-23-12)17-6-4-5-16(22-17)15-7-9-24(10-8-15)20(25)19-13(2)21-11-27-19/h4-6,11,15H,7-10H2,1-3H3. The molecule has 3 aromatic rings. The molecule has 0 atom stereocenters. The van der Waals surface area contributed by atoms with Gasteiger partial charge in [-0.1, -0.05) is 11.2 Å². The quantitative estimate of drug-likeness (QED) is 0.681. The first-order valence-corrected chi connectivity index (χ1v) is 10.0. The molecule has 1 amide bonds. The van der Waals surface area contributed by atoms with Crippen LogP contribution in [0.25, 0.3) is 11.3 Å². The molecular formula is C20H22N4O2S. The van der Waals surface area contributed by atoms with Crippen molar-refractivity contribution in [3.63, 3.8) is 0 Å². The van der Waals surface area contributed by atoms with Crippen molar-refractivity contribution in [2.45, 2.75) is 39.5 Å². The number of hydrogen-bond donors (Lipinski definition) is 0. The normalized spacial score (nSPS) is 15.3. The number of hydrogen-bond acceptors (Lipinski definition) is 6. The van der Waals surface area contributed by atoms with Crippen LogP contribution in [-0.4, -0.2) is 39.0 Å². The van der Waals surface area contributed by atoms with E-state index in [1.807, 2.05) is 37.8 Å². The van der Waals surface area contributed by atoms with Crippen molar-refractivity contribution in [1.29, 1.82) is 0 Å². The van der Waals surface area contributed by atoms with Gasteiger partial charge in [0.15, 0.2) is 0 Å². The minimum Gasteiger partial charge on any atom is -0.361 e. The zero-order valence-corrected chi connectivity index (χ0v) is 16.5. The molecule has 4 rings (SSSR count). The van der Waals surface area contributed by atoms with Gasteiger partial charge in [0.2, 0.25) is 0 Å². The highest BCUT2D eigenvalue weighted by Crippen LogP contribution is 2.31. The minimum absolute atomic E-state index is 0.103. The predicted octanol–water partition coefficient (Wildman–Crippen LogP) is 4.14. The molecule has 0 N–H and O–H groups in total. The van der Waals surface area contributed by atoms with E-state index in [9.17, 15) is 4.79 Å². The Morgan fingerprint density at radius 3 is 2.59 bits per heavy atom. The topological polar surface area (TPSA) is 72.1 Å². The molecule has 1 aliphatic heterocycles. The number of piperidine rings is 1. The van der Waals surface area contributed by atoms with E-state index in [-0.39, 0.29) is 5.91 Å². The molecule has 0 bridgehead atoms. The summed E-state index contributed by atoms with van der Waals surface area (Å²) in [6.07, 6.45) is 1.84. The van der Waals surface area contributed by atoms with Crippen molar-refractivity contribution in [3.8, 4) is 11.3 Å². The Balaban J connectivity index is 1.48. The molecule has 6 nitrogen and oxygen atoms in total. The van der Waals surface area contributed by atoms with E-state index in [0.717, 1.165) is 64.9 Å². The molecule has 1 fully saturated rings. The fraction of sp³-hybridized carbons (Fsp3) is 0.400. The van der Waals surface area contributed by atoms with Gasteiger partial charge in [-0.2, -0.15) is 0 Å². The van der Waals surface area contributed by atoms with Crippen molar-refractivity contribution in [1.82, 2.24) is 20.0 Å². The first kappa shape index (κ1) is 17.9. The van der Waals surface area contributed by atoms with Gasteiger partial charge in [-0.05, 0) is 45.7 Å². The maximum absolute atomic E-state index is 12.7. The lowest BCUT2D eigenvalue weighted by atomic mass is 9.92. The maximum atomic E-state index is 12.7. The van der Waals surface area contributed by atoms with Crippen LogP contribution in [0.4, 0.5) is 0 Å². The van der Waals surface area contributed by atoms with Crippen molar-refractivity contribution in [2.24, 2.45) is 0 Å². The number of pyridine rings is 1. The molecule has 0 aliphatic carbocycles. The number of rotatable bonds is 3. The van der Waals surface area contributed by atoms with E-state index in [4.69, 9.17) is 9.51 Å². The van der Waals surface area contributed by atoms with Crippen molar-refractivity contribution >= 4 is 17.2 Å². The number of amides is 1. The Morgan fingerprint density at radius 2 is 1.96 bits per heavy atom. The monoisotopic (exact) mass is 382 g/mol. The summed E-state index contributed by atoms with van der Waals surface area (Å²) in [5.74, 6) is 1.25.